The molecule has 3 rings (SSSR count). The summed E-state index contributed by atoms with van der Waals surface area (Å²) in [5.41, 5.74) is 0.677. The summed E-state index contributed by atoms with van der Waals surface area (Å²) in [5.74, 6) is 0.489. The second-order valence-corrected chi connectivity index (χ2v) is 7.79. The van der Waals surface area contributed by atoms with Gasteiger partial charge in [0.15, 0.2) is 0 Å². The zero-order valence-electron chi connectivity index (χ0n) is 16.5. The number of hydrogen-bond donors (Lipinski definition) is 1. The number of anilines is 1. The number of benzene rings is 1. The quantitative estimate of drug-likeness (QED) is 0.694. The molecular formula is C20H29ClN4O3. The van der Waals surface area contributed by atoms with Crippen molar-refractivity contribution in [3.8, 4) is 5.75 Å². The molecule has 2 aliphatic heterocycles. The lowest BCUT2D eigenvalue weighted by Crippen LogP contribution is -2.45. The maximum atomic E-state index is 12.6. The number of carbonyl (C=O) groups is 2. The largest absolute Gasteiger partial charge is 0.490 e. The van der Waals surface area contributed by atoms with Crippen molar-refractivity contribution in [2.24, 2.45) is 0 Å². The Hall–Kier alpha value is -1.83. The summed E-state index contributed by atoms with van der Waals surface area (Å²) < 4.78 is 5.57. The van der Waals surface area contributed by atoms with Gasteiger partial charge in [-0.2, -0.15) is 0 Å². The zero-order valence-corrected chi connectivity index (χ0v) is 17.2. The first-order valence-corrected chi connectivity index (χ1v) is 10.3. The van der Waals surface area contributed by atoms with Crippen LogP contribution in [0.25, 0.3) is 0 Å². The number of nitrogens with one attached hydrogen (secondary N) is 1. The number of likely N-dealkylation sites (N-methyl/N-ethyl adjacent to an activating group) is 1. The van der Waals surface area contributed by atoms with Gasteiger partial charge in [-0.25, -0.2) is 0 Å². The number of rotatable bonds is 7. The summed E-state index contributed by atoms with van der Waals surface area (Å²) in [6, 6.07) is 5.24. The lowest BCUT2D eigenvalue weighted by atomic mass is 10.2. The van der Waals surface area contributed by atoms with Crippen molar-refractivity contribution in [3.05, 3.63) is 23.2 Å². The van der Waals surface area contributed by atoms with Crippen molar-refractivity contribution < 1.29 is 14.3 Å². The Bertz CT molecular complexity index is 692. The molecule has 1 fully saturated rings. The van der Waals surface area contributed by atoms with Crippen LogP contribution < -0.4 is 15.0 Å². The van der Waals surface area contributed by atoms with Gasteiger partial charge in [-0.3, -0.25) is 9.59 Å². The number of piperazine rings is 1. The van der Waals surface area contributed by atoms with Crippen molar-refractivity contribution in [3.63, 3.8) is 0 Å². The van der Waals surface area contributed by atoms with Gasteiger partial charge >= 0.3 is 0 Å². The topological polar surface area (TPSA) is 65.1 Å². The van der Waals surface area contributed by atoms with Crippen LogP contribution in [-0.4, -0.2) is 81.1 Å². The Morgan fingerprint density at radius 1 is 1.14 bits per heavy atom. The van der Waals surface area contributed by atoms with E-state index >= 15 is 0 Å². The molecule has 0 aliphatic carbocycles. The normalized spacial score (nSPS) is 17.7. The van der Waals surface area contributed by atoms with E-state index in [1.165, 1.54) is 0 Å². The molecular weight excluding hydrogens is 380 g/mol. The highest BCUT2D eigenvalue weighted by Crippen LogP contribution is 2.34. The summed E-state index contributed by atoms with van der Waals surface area (Å²) >= 11 is 6.04. The average Bonchev–Trinajstić information content (AvgIpc) is 2.70. The molecule has 1 N–H and O–H groups in total. The molecule has 1 saturated heterocycles. The van der Waals surface area contributed by atoms with E-state index in [0.717, 1.165) is 39.1 Å². The van der Waals surface area contributed by atoms with E-state index in [-0.39, 0.29) is 24.7 Å². The summed E-state index contributed by atoms with van der Waals surface area (Å²) in [6.45, 7) is 6.94. The van der Waals surface area contributed by atoms with Crippen molar-refractivity contribution in [2.45, 2.75) is 19.3 Å². The molecule has 2 amide bonds. The van der Waals surface area contributed by atoms with Crippen molar-refractivity contribution in [2.75, 3.05) is 64.4 Å². The van der Waals surface area contributed by atoms with Crippen molar-refractivity contribution in [1.82, 2.24) is 15.1 Å². The number of ether oxygens (including phenoxy) is 1. The summed E-state index contributed by atoms with van der Waals surface area (Å²) in [5, 5.41) is 3.48. The van der Waals surface area contributed by atoms with Crippen molar-refractivity contribution >= 4 is 29.1 Å². The Morgan fingerprint density at radius 2 is 1.93 bits per heavy atom. The molecule has 0 aromatic heterocycles. The standard InChI is InChI=1S/C20H29ClN4O3/c1-23-9-11-24(12-10-23)8-2-7-22-19(26)5-6-20(27)25-13-14-28-18-4-3-16(21)15-17(18)25/h3-4,15H,2,5-14H2,1H3,(H,22,26). The third-order valence-electron chi connectivity index (χ3n) is 5.22. The lowest BCUT2D eigenvalue weighted by molar-refractivity contribution is -0.125. The molecule has 0 radical (unpaired) electrons. The van der Waals surface area contributed by atoms with Crippen LogP contribution in [-0.2, 0) is 9.59 Å². The van der Waals surface area contributed by atoms with Gasteiger partial charge in [-0.1, -0.05) is 11.6 Å². The molecule has 1 aromatic carbocycles. The first-order chi connectivity index (χ1) is 13.5. The number of carbonyl (C=O) groups excluding carboxylic acids is 2. The summed E-state index contributed by atoms with van der Waals surface area (Å²) in [4.78, 5) is 31.1. The smallest absolute Gasteiger partial charge is 0.227 e. The molecule has 8 heteroatoms. The van der Waals surface area contributed by atoms with Gasteiger partial charge in [-0.15, -0.1) is 0 Å². The zero-order chi connectivity index (χ0) is 19.9. The van der Waals surface area contributed by atoms with Crippen LogP contribution in [0.4, 0.5) is 5.69 Å². The molecule has 0 saturated carbocycles. The van der Waals surface area contributed by atoms with Crippen molar-refractivity contribution in [1.29, 1.82) is 0 Å². The van der Waals surface area contributed by atoms with Crippen LogP contribution in [0, 0.1) is 0 Å². The second kappa shape index (κ2) is 10.1. The summed E-state index contributed by atoms with van der Waals surface area (Å²) in [7, 11) is 2.14. The van der Waals surface area contributed by atoms with E-state index in [4.69, 9.17) is 16.3 Å². The lowest BCUT2D eigenvalue weighted by Gasteiger charge is -2.32. The maximum absolute atomic E-state index is 12.6. The van der Waals surface area contributed by atoms with Crippen LogP contribution in [0.15, 0.2) is 18.2 Å². The first-order valence-electron chi connectivity index (χ1n) is 9.93. The van der Waals surface area contributed by atoms with Crippen LogP contribution in [0.5, 0.6) is 5.75 Å². The predicted molar refractivity (Wildman–Crippen MR) is 110 cm³/mol. The Kier molecular flexibility index (Phi) is 7.53. The third kappa shape index (κ3) is 5.83. The Labute approximate surface area is 171 Å². The molecule has 7 nitrogen and oxygen atoms in total. The maximum Gasteiger partial charge on any atom is 0.227 e. The van der Waals surface area contributed by atoms with Gasteiger partial charge in [0, 0.05) is 50.6 Å². The van der Waals surface area contributed by atoms with Crippen LogP contribution >= 0.6 is 11.6 Å². The first kappa shape index (κ1) is 20.9. The van der Waals surface area contributed by atoms with Crippen LogP contribution in [0.1, 0.15) is 19.3 Å². The molecule has 0 unspecified atom stereocenters. The fourth-order valence-corrected chi connectivity index (χ4v) is 3.66. The number of amides is 2. The highest BCUT2D eigenvalue weighted by atomic mass is 35.5. The highest BCUT2D eigenvalue weighted by Gasteiger charge is 2.24. The van der Waals surface area contributed by atoms with Gasteiger partial charge in [0.25, 0.3) is 0 Å². The minimum Gasteiger partial charge on any atom is -0.490 e. The number of hydrogen-bond acceptors (Lipinski definition) is 5. The fraction of sp³-hybridized carbons (Fsp3) is 0.600. The monoisotopic (exact) mass is 408 g/mol. The minimum absolute atomic E-state index is 0.0775. The minimum atomic E-state index is -0.0839. The molecule has 2 heterocycles. The van der Waals surface area contributed by atoms with Crippen LogP contribution in [0.3, 0.4) is 0 Å². The third-order valence-corrected chi connectivity index (χ3v) is 5.46. The molecule has 154 valence electrons. The van der Waals surface area contributed by atoms with E-state index in [0.29, 0.717) is 36.2 Å². The molecule has 2 aliphatic rings. The Morgan fingerprint density at radius 3 is 2.71 bits per heavy atom. The molecule has 1 aromatic rings. The van der Waals surface area contributed by atoms with E-state index in [9.17, 15) is 9.59 Å². The predicted octanol–water partition coefficient (Wildman–Crippen LogP) is 1.60. The molecule has 0 bridgehead atoms. The van der Waals surface area contributed by atoms with Gasteiger partial charge in [0.2, 0.25) is 11.8 Å². The number of fused-ring (bicyclic) bond motifs is 1. The average molecular weight is 409 g/mol. The van der Waals surface area contributed by atoms with Crippen LogP contribution in [0.2, 0.25) is 5.02 Å². The highest BCUT2D eigenvalue weighted by molar-refractivity contribution is 6.31. The molecule has 0 atom stereocenters. The number of nitrogens with zero attached hydrogens (tertiary/aromatic N) is 3. The fourth-order valence-electron chi connectivity index (χ4n) is 3.50. The number of halogens is 1. The van der Waals surface area contributed by atoms with E-state index in [1.807, 2.05) is 0 Å². The van der Waals surface area contributed by atoms with Gasteiger partial charge in [0.05, 0.1) is 12.2 Å². The Balaban J connectivity index is 1.36. The van der Waals surface area contributed by atoms with Gasteiger partial charge in [0.1, 0.15) is 12.4 Å². The second-order valence-electron chi connectivity index (χ2n) is 7.35. The van der Waals surface area contributed by atoms with E-state index in [2.05, 4.69) is 22.2 Å². The van der Waals surface area contributed by atoms with E-state index < -0.39 is 0 Å². The van der Waals surface area contributed by atoms with Gasteiger partial charge < -0.3 is 24.8 Å². The summed E-state index contributed by atoms with van der Waals surface area (Å²) in [6.07, 6.45) is 1.30. The molecule has 28 heavy (non-hydrogen) atoms. The molecule has 0 spiro atoms. The van der Waals surface area contributed by atoms with E-state index in [1.54, 1.807) is 23.1 Å². The van der Waals surface area contributed by atoms with Gasteiger partial charge in [-0.05, 0) is 38.2 Å². The SMILES string of the molecule is CN1CCN(CCCNC(=O)CCC(=O)N2CCOc3ccc(Cl)cc32)CC1.